The summed E-state index contributed by atoms with van der Waals surface area (Å²) in [5.74, 6) is 0.365. The van der Waals surface area contributed by atoms with Gasteiger partial charge in [0.1, 0.15) is 16.7 Å². The SMILES string of the molecule is CCOc1ccccc1S(=O)(=O)NC1CCC(Oc2ncc(Cl)cn2)CC1. The third kappa shape index (κ3) is 5.31. The van der Waals surface area contributed by atoms with E-state index in [2.05, 4.69) is 14.7 Å². The molecule has 1 fully saturated rings. The Balaban J connectivity index is 1.57. The maximum absolute atomic E-state index is 12.7. The van der Waals surface area contributed by atoms with Gasteiger partial charge in [0.2, 0.25) is 10.0 Å². The lowest BCUT2D eigenvalue weighted by molar-refractivity contribution is 0.132. The van der Waals surface area contributed by atoms with Crippen LogP contribution in [0.5, 0.6) is 11.8 Å². The van der Waals surface area contributed by atoms with Gasteiger partial charge in [-0.2, -0.15) is 0 Å². The molecule has 0 bridgehead atoms. The Morgan fingerprint density at radius 2 is 1.81 bits per heavy atom. The van der Waals surface area contributed by atoms with E-state index in [0.717, 1.165) is 0 Å². The number of rotatable bonds is 7. The second-order valence-corrected chi connectivity index (χ2v) is 8.40. The second kappa shape index (κ2) is 8.86. The van der Waals surface area contributed by atoms with Crippen molar-refractivity contribution in [3.05, 3.63) is 41.7 Å². The number of hydrogen-bond acceptors (Lipinski definition) is 6. The summed E-state index contributed by atoms with van der Waals surface area (Å²) in [6.45, 7) is 2.23. The van der Waals surface area contributed by atoms with Gasteiger partial charge in [0.15, 0.2) is 0 Å². The molecule has 0 saturated heterocycles. The van der Waals surface area contributed by atoms with Gasteiger partial charge in [0.25, 0.3) is 0 Å². The van der Waals surface area contributed by atoms with Crippen molar-refractivity contribution in [3.63, 3.8) is 0 Å². The molecule has 1 aliphatic carbocycles. The summed E-state index contributed by atoms with van der Waals surface area (Å²) in [6, 6.07) is 6.80. The van der Waals surface area contributed by atoms with Crippen LogP contribution in [0, 0.1) is 0 Å². The smallest absolute Gasteiger partial charge is 0.316 e. The fraction of sp³-hybridized carbons (Fsp3) is 0.444. The predicted octanol–water partition coefficient (Wildman–Crippen LogP) is 3.20. The first kappa shape index (κ1) is 19.9. The molecule has 9 heteroatoms. The van der Waals surface area contributed by atoms with Gasteiger partial charge in [0, 0.05) is 6.04 Å². The van der Waals surface area contributed by atoms with Crippen molar-refractivity contribution in [2.24, 2.45) is 0 Å². The molecule has 1 heterocycles. The number of hydrogen-bond donors (Lipinski definition) is 1. The van der Waals surface area contributed by atoms with Gasteiger partial charge in [-0.05, 0) is 44.7 Å². The number of nitrogens with zero attached hydrogens (tertiary/aromatic N) is 2. The van der Waals surface area contributed by atoms with Gasteiger partial charge in [-0.1, -0.05) is 23.7 Å². The van der Waals surface area contributed by atoms with E-state index >= 15 is 0 Å². The van der Waals surface area contributed by atoms with Crippen molar-refractivity contribution in [1.29, 1.82) is 0 Å². The highest BCUT2D eigenvalue weighted by atomic mass is 35.5. The van der Waals surface area contributed by atoms with Gasteiger partial charge < -0.3 is 9.47 Å². The maximum atomic E-state index is 12.7. The zero-order chi connectivity index (χ0) is 19.3. The topological polar surface area (TPSA) is 90.4 Å². The standard InChI is InChI=1S/C18H22ClN3O4S/c1-2-25-16-5-3-4-6-17(16)27(23,24)22-14-7-9-15(10-8-14)26-18-20-11-13(19)12-21-18/h3-6,11-12,14-15,22H,2,7-10H2,1H3. The molecule has 1 saturated carbocycles. The van der Waals surface area contributed by atoms with Crippen molar-refractivity contribution in [2.45, 2.75) is 49.6 Å². The predicted molar refractivity (Wildman–Crippen MR) is 102 cm³/mol. The molecular formula is C18H22ClN3O4S. The van der Waals surface area contributed by atoms with E-state index in [0.29, 0.717) is 43.1 Å². The summed E-state index contributed by atoms with van der Waals surface area (Å²) in [6.07, 6.45) is 5.71. The molecule has 1 N–H and O–H groups in total. The minimum absolute atomic E-state index is 0.0392. The summed E-state index contributed by atoms with van der Waals surface area (Å²) in [5.41, 5.74) is 0. The van der Waals surface area contributed by atoms with E-state index in [-0.39, 0.29) is 23.1 Å². The molecular weight excluding hydrogens is 390 g/mol. The third-order valence-corrected chi connectivity index (χ3v) is 6.06. The van der Waals surface area contributed by atoms with Crippen molar-refractivity contribution in [2.75, 3.05) is 6.61 Å². The lowest BCUT2D eigenvalue weighted by atomic mass is 9.94. The molecule has 3 rings (SSSR count). The van der Waals surface area contributed by atoms with E-state index in [1.807, 2.05) is 6.92 Å². The van der Waals surface area contributed by atoms with Crippen LogP contribution in [0.2, 0.25) is 5.02 Å². The van der Waals surface area contributed by atoms with Crippen LogP contribution in [0.4, 0.5) is 0 Å². The fourth-order valence-electron chi connectivity index (χ4n) is 3.04. The molecule has 1 aromatic carbocycles. The third-order valence-electron chi connectivity index (χ3n) is 4.30. The highest BCUT2D eigenvalue weighted by Gasteiger charge is 2.28. The molecule has 2 aromatic rings. The van der Waals surface area contributed by atoms with Crippen molar-refractivity contribution >= 4 is 21.6 Å². The van der Waals surface area contributed by atoms with Crippen LogP contribution < -0.4 is 14.2 Å². The Kier molecular flexibility index (Phi) is 6.51. The lowest BCUT2D eigenvalue weighted by Crippen LogP contribution is -2.39. The second-order valence-electron chi connectivity index (χ2n) is 6.28. The van der Waals surface area contributed by atoms with Crippen molar-refractivity contribution in [3.8, 4) is 11.8 Å². The molecule has 0 spiro atoms. The molecule has 1 aromatic heterocycles. The van der Waals surface area contributed by atoms with E-state index < -0.39 is 10.0 Å². The minimum atomic E-state index is -3.65. The van der Waals surface area contributed by atoms with Crippen LogP contribution in [-0.2, 0) is 10.0 Å². The number of ether oxygens (including phenoxy) is 2. The largest absolute Gasteiger partial charge is 0.492 e. The van der Waals surface area contributed by atoms with Crippen molar-refractivity contribution in [1.82, 2.24) is 14.7 Å². The summed E-state index contributed by atoms with van der Waals surface area (Å²) >= 11 is 5.76. The maximum Gasteiger partial charge on any atom is 0.316 e. The minimum Gasteiger partial charge on any atom is -0.492 e. The normalized spacial score (nSPS) is 20.2. The summed E-state index contributed by atoms with van der Waals surface area (Å²) in [4.78, 5) is 8.22. The molecule has 0 atom stereocenters. The first-order valence-electron chi connectivity index (χ1n) is 8.86. The van der Waals surface area contributed by atoms with Crippen molar-refractivity contribution < 1.29 is 17.9 Å². The quantitative estimate of drug-likeness (QED) is 0.752. The molecule has 0 aliphatic heterocycles. The molecule has 146 valence electrons. The molecule has 7 nitrogen and oxygen atoms in total. The van der Waals surface area contributed by atoms with Gasteiger partial charge in [0.05, 0.1) is 24.0 Å². The van der Waals surface area contributed by atoms with E-state index in [9.17, 15) is 8.42 Å². The Labute approximate surface area is 164 Å². The zero-order valence-electron chi connectivity index (χ0n) is 15.0. The highest BCUT2D eigenvalue weighted by Crippen LogP contribution is 2.27. The number of halogens is 1. The highest BCUT2D eigenvalue weighted by molar-refractivity contribution is 7.89. The van der Waals surface area contributed by atoms with E-state index in [1.165, 1.54) is 12.4 Å². The average molecular weight is 412 g/mol. The van der Waals surface area contributed by atoms with Crippen LogP contribution in [0.3, 0.4) is 0 Å². The number of aromatic nitrogens is 2. The Hall–Kier alpha value is -1.90. The molecule has 0 unspecified atom stereocenters. The zero-order valence-corrected chi connectivity index (χ0v) is 16.5. The van der Waals surface area contributed by atoms with Crippen LogP contribution in [0.25, 0.3) is 0 Å². The first-order chi connectivity index (χ1) is 13.0. The fourth-order valence-corrected chi connectivity index (χ4v) is 4.59. The molecule has 0 amide bonds. The number of nitrogens with one attached hydrogen (secondary N) is 1. The summed E-state index contributed by atoms with van der Waals surface area (Å²) in [5, 5.41) is 0.452. The van der Waals surface area contributed by atoms with Crippen LogP contribution in [0.15, 0.2) is 41.6 Å². The number of sulfonamides is 1. The monoisotopic (exact) mass is 411 g/mol. The Bertz CT molecular complexity index is 853. The van der Waals surface area contributed by atoms with Crippen LogP contribution in [-0.4, -0.2) is 37.1 Å². The van der Waals surface area contributed by atoms with Gasteiger partial charge >= 0.3 is 6.01 Å². The van der Waals surface area contributed by atoms with E-state index in [1.54, 1.807) is 24.3 Å². The average Bonchev–Trinajstić information content (AvgIpc) is 2.66. The molecule has 0 radical (unpaired) electrons. The van der Waals surface area contributed by atoms with Gasteiger partial charge in [-0.3, -0.25) is 0 Å². The molecule has 27 heavy (non-hydrogen) atoms. The van der Waals surface area contributed by atoms with Gasteiger partial charge in [-0.15, -0.1) is 0 Å². The first-order valence-corrected chi connectivity index (χ1v) is 10.7. The van der Waals surface area contributed by atoms with Crippen LogP contribution in [0.1, 0.15) is 32.6 Å². The van der Waals surface area contributed by atoms with Crippen LogP contribution >= 0.6 is 11.6 Å². The number of benzene rings is 1. The Morgan fingerprint density at radius 3 is 2.48 bits per heavy atom. The molecule has 1 aliphatic rings. The number of para-hydroxylation sites is 1. The lowest BCUT2D eigenvalue weighted by Gasteiger charge is -2.28. The summed E-state index contributed by atoms with van der Waals surface area (Å²) < 4.78 is 39.5. The Morgan fingerprint density at radius 1 is 1.15 bits per heavy atom. The van der Waals surface area contributed by atoms with Gasteiger partial charge in [-0.25, -0.2) is 23.1 Å². The summed E-state index contributed by atoms with van der Waals surface area (Å²) in [7, 11) is -3.65. The van der Waals surface area contributed by atoms with E-state index in [4.69, 9.17) is 21.1 Å².